The van der Waals surface area contributed by atoms with Crippen LogP contribution in [0.5, 0.6) is 5.75 Å². The lowest BCUT2D eigenvalue weighted by Gasteiger charge is -2.25. The van der Waals surface area contributed by atoms with Crippen LogP contribution in [0.3, 0.4) is 0 Å². The van der Waals surface area contributed by atoms with Crippen molar-refractivity contribution in [2.45, 2.75) is 30.3 Å². The van der Waals surface area contributed by atoms with Crippen molar-refractivity contribution in [3.05, 3.63) is 48.2 Å². The number of benzene rings is 1. The van der Waals surface area contributed by atoms with Gasteiger partial charge < -0.3 is 4.74 Å². The molecule has 0 aliphatic rings. The molecule has 1 unspecified atom stereocenters. The minimum absolute atomic E-state index is 0.567. The van der Waals surface area contributed by atoms with E-state index in [2.05, 4.69) is 50.2 Å². The SMILES string of the molecule is C=C=CC(SCc1ccc(OC)cc1)[Si](C)(C)C. The maximum atomic E-state index is 5.16. The molecule has 1 atom stereocenters. The van der Waals surface area contributed by atoms with E-state index >= 15 is 0 Å². The first-order valence-electron chi connectivity index (χ1n) is 6.08. The molecule has 0 saturated heterocycles. The summed E-state index contributed by atoms with van der Waals surface area (Å²) in [5.41, 5.74) is 4.28. The third-order valence-corrected chi connectivity index (χ3v) is 8.20. The van der Waals surface area contributed by atoms with E-state index < -0.39 is 8.07 Å². The molecule has 0 aliphatic carbocycles. The molecule has 1 aromatic rings. The second kappa shape index (κ2) is 6.88. The van der Waals surface area contributed by atoms with Crippen LogP contribution in [0.1, 0.15) is 5.56 Å². The molecule has 18 heavy (non-hydrogen) atoms. The lowest BCUT2D eigenvalue weighted by Crippen LogP contribution is -2.34. The van der Waals surface area contributed by atoms with Crippen molar-refractivity contribution in [1.29, 1.82) is 0 Å². The minimum Gasteiger partial charge on any atom is -0.497 e. The van der Waals surface area contributed by atoms with Gasteiger partial charge in [0.05, 0.1) is 15.2 Å². The topological polar surface area (TPSA) is 9.23 Å². The van der Waals surface area contributed by atoms with Crippen LogP contribution in [-0.4, -0.2) is 20.1 Å². The van der Waals surface area contributed by atoms with Crippen molar-refractivity contribution in [2.24, 2.45) is 0 Å². The molecular formula is C15H22OSSi. The molecule has 0 fully saturated rings. The normalized spacial score (nSPS) is 12.7. The Labute approximate surface area is 116 Å². The fourth-order valence-electron chi connectivity index (χ4n) is 1.56. The standard InChI is InChI=1S/C15H22OSSi/c1-6-7-15(18(3,4)5)17-12-13-8-10-14(16-2)11-9-13/h7-11,15H,1,12H2,2-5H3. The Morgan fingerprint density at radius 1 is 1.33 bits per heavy atom. The van der Waals surface area contributed by atoms with E-state index in [1.54, 1.807) is 7.11 Å². The van der Waals surface area contributed by atoms with Gasteiger partial charge in [0.1, 0.15) is 5.75 Å². The van der Waals surface area contributed by atoms with E-state index in [1.807, 2.05) is 23.9 Å². The van der Waals surface area contributed by atoms with E-state index in [9.17, 15) is 0 Å². The Morgan fingerprint density at radius 2 is 1.94 bits per heavy atom. The summed E-state index contributed by atoms with van der Waals surface area (Å²) in [5.74, 6) is 1.94. The van der Waals surface area contributed by atoms with Crippen LogP contribution in [0.2, 0.25) is 19.6 Å². The molecule has 0 amide bonds. The lowest BCUT2D eigenvalue weighted by atomic mass is 10.2. The quantitative estimate of drug-likeness (QED) is 0.559. The van der Waals surface area contributed by atoms with Crippen LogP contribution in [0.25, 0.3) is 0 Å². The highest BCUT2D eigenvalue weighted by atomic mass is 32.2. The first-order chi connectivity index (χ1) is 8.47. The predicted molar refractivity (Wildman–Crippen MR) is 85.1 cm³/mol. The van der Waals surface area contributed by atoms with Gasteiger partial charge in [-0.25, -0.2) is 0 Å². The molecule has 1 rings (SSSR count). The zero-order valence-electron chi connectivity index (χ0n) is 11.7. The molecule has 1 aromatic carbocycles. The Kier molecular flexibility index (Phi) is 5.80. The van der Waals surface area contributed by atoms with Crippen molar-refractivity contribution in [2.75, 3.05) is 7.11 Å². The monoisotopic (exact) mass is 278 g/mol. The van der Waals surface area contributed by atoms with Gasteiger partial charge in [-0.3, -0.25) is 0 Å². The third-order valence-electron chi connectivity index (χ3n) is 2.71. The van der Waals surface area contributed by atoms with Crippen molar-refractivity contribution >= 4 is 19.8 Å². The van der Waals surface area contributed by atoms with Crippen LogP contribution in [0.15, 0.2) is 42.7 Å². The second-order valence-corrected chi connectivity index (χ2v) is 12.2. The number of methoxy groups -OCH3 is 1. The Bertz CT molecular complexity index is 413. The Balaban J connectivity index is 2.64. The van der Waals surface area contributed by atoms with E-state index in [-0.39, 0.29) is 0 Å². The van der Waals surface area contributed by atoms with Gasteiger partial charge in [0, 0.05) is 10.6 Å². The maximum absolute atomic E-state index is 5.16. The molecule has 0 radical (unpaired) electrons. The third kappa shape index (κ3) is 4.77. The minimum atomic E-state index is -1.20. The van der Waals surface area contributed by atoms with Gasteiger partial charge in [0.25, 0.3) is 0 Å². The predicted octanol–water partition coefficient (Wildman–Crippen LogP) is 4.52. The van der Waals surface area contributed by atoms with Gasteiger partial charge in [0.15, 0.2) is 0 Å². The van der Waals surface area contributed by atoms with Gasteiger partial charge in [-0.05, 0) is 23.8 Å². The Hall–Kier alpha value is -0.893. The van der Waals surface area contributed by atoms with Crippen LogP contribution < -0.4 is 4.74 Å². The summed E-state index contributed by atoms with van der Waals surface area (Å²) in [7, 11) is 0.495. The smallest absolute Gasteiger partial charge is 0.118 e. The highest BCUT2D eigenvalue weighted by Crippen LogP contribution is 2.27. The zero-order chi connectivity index (χ0) is 13.6. The molecule has 0 spiro atoms. The summed E-state index contributed by atoms with van der Waals surface area (Å²) >= 11 is 1.98. The molecule has 0 N–H and O–H groups in total. The first kappa shape index (κ1) is 15.2. The van der Waals surface area contributed by atoms with Crippen LogP contribution in [0, 0.1) is 0 Å². The number of thioether (sulfide) groups is 1. The summed E-state index contributed by atoms with van der Waals surface area (Å²) in [6.07, 6.45) is 2.13. The van der Waals surface area contributed by atoms with E-state index in [1.165, 1.54) is 5.56 Å². The van der Waals surface area contributed by atoms with E-state index in [0.29, 0.717) is 4.87 Å². The lowest BCUT2D eigenvalue weighted by molar-refractivity contribution is 0.414. The number of ether oxygens (including phenoxy) is 1. The summed E-state index contributed by atoms with van der Waals surface area (Å²) in [4.78, 5) is 0.567. The first-order valence-corrected chi connectivity index (χ1v) is 10.7. The average Bonchev–Trinajstić information content (AvgIpc) is 2.33. The van der Waals surface area contributed by atoms with Crippen molar-refractivity contribution in [1.82, 2.24) is 0 Å². The largest absolute Gasteiger partial charge is 0.497 e. The summed E-state index contributed by atoms with van der Waals surface area (Å²) in [6.45, 7) is 10.8. The summed E-state index contributed by atoms with van der Waals surface area (Å²) < 4.78 is 5.16. The fraction of sp³-hybridized carbons (Fsp3) is 0.400. The van der Waals surface area contributed by atoms with Crippen LogP contribution >= 0.6 is 11.8 Å². The van der Waals surface area contributed by atoms with Gasteiger partial charge in [-0.2, -0.15) is 11.8 Å². The molecule has 1 nitrogen and oxygen atoms in total. The van der Waals surface area contributed by atoms with Crippen LogP contribution in [-0.2, 0) is 5.75 Å². The van der Waals surface area contributed by atoms with Crippen molar-refractivity contribution < 1.29 is 4.74 Å². The van der Waals surface area contributed by atoms with Gasteiger partial charge in [-0.15, -0.1) is 5.73 Å². The fourth-order valence-corrected chi connectivity index (χ4v) is 5.19. The molecule has 0 saturated carbocycles. The van der Waals surface area contributed by atoms with Gasteiger partial charge >= 0.3 is 0 Å². The zero-order valence-corrected chi connectivity index (χ0v) is 13.5. The highest BCUT2D eigenvalue weighted by molar-refractivity contribution is 8.01. The van der Waals surface area contributed by atoms with Crippen molar-refractivity contribution in [3.8, 4) is 5.75 Å². The molecule has 0 heterocycles. The Morgan fingerprint density at radius 3 is 2.39 bits per heavy atom. The van der Waals surface area contributed by atoms with Gasteiger partial charge in [0.2, 0.25) is 0 Å². The summed E-state index contributed by atoms with van der Waals surface area (Å²) in [6, 6.07) is 8.29. The second-order valence-electron chi connectivity index (χ2n) is 5.32. The number of hydrogen-bond donors (Lipinski definition) is 0. The molecule has 0 aromatic heterocycles. The van der Waals surface area contributed by atoms with E-state index in [0.717, 1.165) is 11.5 Å². The maximum Gasteiger partial charge on any atom is 0.118 e. The number of hydrogen-bond acceptors (Lipinski definition) is 2. The van der Waals surface area contributed by atoms with Crippen molar-refractivity contribution in [3.63, 3.8) is 0 Å². The van der Waals surface area contributed by atoms with E-state index in [4.69, 9.17) is 4.74 Å². The molecule has 3 heteroatoms. The molecule has 0 bridgehead atoms. The molecule has 0 aliphatic heterocycles. The molecular weight excluding hydrogens is 256 g/mol. The molecule has 98 valence electrons. The number of rotatable bonds is 6. The van der Waals surface area contributed by atoms with Gasteiger partial charge in [-0.1, -0.05) is 38.4 Å². The summed E-state index contributed by atoms with van der Waals surface area (Å²) in [5, 5.41) is 0. The average molecular weight is 278 g/mol. The van der Waals surface area contributed by atoms with Crippen LogP contribution in [0.4, 0.5) is 0 Å². The highest BCUT2D eigenvalue weighted by Gasteiger charge is 2.24.